The summed E-state index contributed by atoms with van der Waals surface area (Å²) in [4.78, 5) is 86.1. The maximum Gasteiger partial charge on any atom is 0.375 e. The van der Waals surface area contributed by atoms with E-state index in [4.69, 9.17) is 70.1 Å². The predicted molar refractivity (Wildman–Crippen MR) is 296 cm³/mol. The molecule has 426 valence electrons. The summed E-state index contributed by atoms with van der Waals surface area (Å²) in [5, 5.41) is 32.8. The molecule has 0 saturated heterocycles. The van der Waals surface area contributed by atoms with Crippen LogP contribution in [0.5, 0.6) is 0 Å². The number of nitrogens with one attached hydrogen (secondary N) is 7. The number of Topliss-reactive ketones (excluding diaryl/α,β-unsaturated/α-hetero) is 2. The Hall–Kier alpha value is -6.47. The third-order valence-electron chi connectivity index (χ3n) is 10.6. The number of carboxylic acids is 1. The number of carboxylic acid groups (broad SMARTS) is 1. The molecule has 0 aliphatic rings. The zero-order chi connectivity index (χ0) is 59.4. The number of nitrogens with zero attached hydrogens (tertiary/aromatic N) is 6. The van der Waals surface area contributed by atoms with Crippen molar-refractivity contribution in [3.05, 3.63) is 79.8 Å². The van der Waals surface area contributed by atoms with Gasteiger partial charge >= 0.3 is 17.9 Å². The first kappa shape index (κ1) is 66.6. The van der Waals surface area contributed by atoms with Crippen molar-refractivity contribution in [3.63, 3.8) is 0 Å². The number of rotatable bonds is 23. The van der Waals surface area contributed by atoms with Crippen LogP contribution in [0.4, 0.5) is 4.39 Å². The molecule has 77 heavy (non-hydrogen) atoms. The van der Waals surface area contributed by atoms with Gasteiger partial charge < -0.3 is 26.8 Å². The van der Waals surface area contributed by atoms with E-state index in [1.54, 1.807) is 64.3 Å². The summed E-state index contributed by atoms with van der Waals surface area (Å²) in [7, 11) is 2.40. The van der Waals surface area contributed by atoms with Crippen LogP contribution in [-0.4, -0.2) is 140 Å². The number of hydrogen-bond donors (Lipinski definition) is 11. The highest BCUT2D eigenvalue weighted by atomic mass is 35.5. The summed E-state index contributed by atoms with van der Waals surface area (Å²) in [6.07, 6.45) is 3.16. The van der Waals surface area contributed by atoms with E-state index in [2.05, 4.69) is 56.7 Å². The van der Waals surface area contributed by atoms with Gasteiger partial charge in [0, 0.05) is 20.1 Å². The zero-order valence-electron chi connectivity index (χ0n) is 46.0. The van der Waals surface area contributed by atoms with Gasteiger partial charge in [0.15, 0.2) is 11.6 Å². The molecule has 0 aliphatic heterocycles. The van der Waals surface area contributed by atoms with Gasteiger partial charge in [-0.1, -0.05) is 74.1 Å². The molecule has 0 bridgehead atoms. The molecule has 2 aromatic heterocycles. The van der Waals surface area contributed by atoms with Crippen molar-refractivity contribution >= 4 is 93.6 Å². The third-order valence-corrected chi connectivity index (χ3v) is 11.5. The van der Waals surface area contributed by atoms with E-state index in [1.165, 1.54) is 23.2 Å². The quantitative estimate of drug-likeness (QED) is 0.0285. The third kappa shape index (κ3) is 25.5. The maximum absolute atomic E-state index is 13.1. The number of carbonyl (C=O) groups is 6. The number of halogens is 5. The van der Waals surface area contributed by atoms with E-state index in [9.17, 15) is 33.2 Å². The summed E-state index contributed by atoms with van der Waals surface area (Å²) < 4.78 is 18.3. The summed E-state index contributed by atoms with van der Waals surface area (Å²) >= 11 is 23.9. The van der Waals surface area contributed by atoms with Crippen LogP contribution in [0.3, 0.4) is 0 Å². The standard InChI is InChI=1S/C24H34Cl2N8O3.C14H29N5O2.C10H7Cl2N3O2.CH3F/c1-13(2)9-20(14(3)35)32-22(36)19(7-6-8-29-24(27)28-5)31-23(37)21-30-15(4)34(33-21)18-11-16(25)10-17(26)12-18;1-9(2)8-12(10(3)20)19-13(21)11(15)6-5-7-18-14(16)17-4;1-5-13-9(10(16)17)14-15(5)8-3-6(11)2-7(12)4-8;1-2/h10-13,19-20H,6-9H2,1-5H3,(H,31,37)(H,32,36)(H3,27,28,29);9,11-12H,5-8,15H2,1-4H3,(H,19,21)(H3,16,17,18);2-4H,1H3,(H,16,17);1H3/p+2/t19-,20-;11-,12-;;/m00../s1/i;;;1D. The number of alkyl halides is 1. The topological polar surface area (TPSA) is 350 Å². The highest BCUT2D eigenvalue weighted by molar-refractivity contribution is 6.35. The van der Waals surface area contributed by atoms with E-state index in [0.29, 0.717) is 106 Å². The molecule has 14 N–H and O–H groups in total. The number of hydrogen-bond acceptors (Lipinski definition) is 11. The van der Waals surface area contributed by atoms with Crippen LogP contribution >= 0.6 is 46.4 Å². The Morgan fingerprint density at radius 1 is 0.662 bits per heavy atom. The molecule has 0 spiro atoms. The minimum absolute atomic E-state index is 0.0395. The van der Waals surface area contributed by atoms with E-state index in [-0.39, 0.29) is 41.5 Å². The van der Waals surface area contributed by atoms with E-state index in [1.807, 2.05) is 27.7 Å². The summed E-state index contributed by atoms with van der Waals surface area (Å²) in [5.41, 5.74) is 18.2. The Balaban J connectivity index is 0.000000624. The summed E-state index contributed by atoms with van der Waals surface area (Å²) in [5.74, 6) is -0.841. The van der Waals surface area contributed by atoms with Crippen LogP contribution in [-0.2, 0) is 19.2 Å². The second-order valence-electron chi connectivity index (χ2n) is 18.0. The molecule has 28 heteroatoms. The smallest absolute Gasteiger partial charge is 0.375 e. The maximum atomic E-state index is 13.1. The normalized spacial score (nSPS) is 12.9. The monoisotopic (exact) mass is 1160 g/mol. The lowest BCUT2D eigenvalue weighted by Gasteiger charge is -2.22. The number of aromatic nitrogens is 6. The first-order valence-corrected chi connectivity index (χ1v) is 25.7. The largest absolute Gasteiger partial charge is 0.475 e. The van der Waals surface area contributed by atoms with Crippen LogP contribution in [0.1, 0.15) is 114 Å². The molecule has 4 aromatic rings. The lowest BCUT2D eigenvalue weighted by atomic mass is 10.00. The van der Waals surface area contributed by atoms with E-state index >= 15 is 0 Å². The lowest BCUT2D eigenvalue weighted by Crippen LogP contribution is -2.74. The van der Waals surface area contributed by atoms with Crippen molar-refractivity contribution in [2.75, 3.05) is 34.3 Å². The van der Waals surface area contributed by atoms with Crippen molar-refractivity contribution in [2.24, 2.45) is 29.0 Å². The SMILES string of the molecule is C[NH+]=C(N)NCCC[C@H](N)C(=O)N[C@@H](CC(C)C)C(C)=O.C[NH+]=C(N)NCCC[C@H](NC(=O)c1nc(C)n(-c2cc(Cl)cc(Cl)c2)n1)C(=O)N[C@@H](CC(C)C)C(C)=O.Cc1nc(C(=O)O)nn1-c1cc(Cl)cc(Cl)c1.[2H]CF. The number of benzene rings is 2. The van der Waals surface area contributed by atoms with E-state index < -0.39 is 49.1 Å². The van der Waals surface area contributed by atoms with Crippen molar-refractivity contribution in [1.29, 1.82) is 0 Å². The highest BCUT2D eigenvalue weighted by Crippen LogP contribution is 2.23. The molecule has 2 heterocycles. The molecule has 0 fully saturated rings. The average Bonchev–Trinajstić information content (AvgIpc) is 3.95. The second kappa shape index (κ2) is 35.0. The molecule has 0 aliphatic carbocycles. The van der Waals surface area contributed by atoms with E-state index in [0.717, 1.165) is 0 Å². The Morgan fingerprint density at radius 2 is 1.04 bits per heavy atom. The van der Waals surface area contributed by atoms with Gasteiger partial charge in [0.2, 0.25) is 17.6 Å². The lowest BCUT2D eigenvalue weighted by molar-refractivity contribution is -0.423. The van der Waals surface area contributed by atoms with Gasteiger partial charge in [-0.15, -0.1) is 10.2 Å². The number of aromatic carboxylic acids is 1. The molecular formula is C49H75Cl4FN16O7+2. The van der Waals surface area contributed by atoms with Gasteiger partial charge in [-0.25, -0.2) is 24.1 Å². The Labute approximate surface area is 469 Å². The molecule has 0 radical (unpaired) electrons. The second-order valence-corrected chi connectivity index (χ2v) is 19.8. The van der Waals surface area contributed by atoms with Crippen LogP contribution in [0.15, 0.2) is 36.4 Å². The molecule has 0 unspecified atom stereocenters. The predicted octanol–water partition coefficient (Wildman–Crippen LogP) is 1.49. The van der Waals surface area contributed by atoms with Gasteiger partial charge in [0.05, 0.1) is 65.2 Å². The molecular weight excluding hydrogens is 1090 g/mol. The fourth-order valence-electron chi connectivity index (χ4n) is 6.80. The number of ketones is 2. The fourth-order valence-corrected chi connectivity index (χ4v) is 7.83. The van der Waals surface area contributed by atoms with Crippen molar-refractivity contribution in [3.8, 4) is 11.4 Å². The number of guanidine groups is 2. The first-order valence-electron chi connectivity index (χ1n) is 24.9. The van der Waals surface area contributed by atoms with Gasteiger partial charge in [-0.2, -0.15) is 0 Å². The van der Waals surface area contributed by atoms with Crippen LogP contribution in [0, 0.1) is 25.7 Å². The summed E-state index contributed by atoms with van der Waals surface area (Å²) in [6, 6.07) is 7.07. The Morgan fingerprint density at radius 3 is 1.40 bits per heavy atom. The molecule has 4 rings (SSSR count). The number of amides is 3. The van der Waals surface area contributed by atoms with Gasteiger partial charge in [0.25, 0.3) is 11.7 Å². The number of nitrogens with two attached hydrogens (primary N) is 3. The van der Waals surface area contributed by atoms with Gasteiger partial charge in [0.1, 0.15) is 17.7 Å². The summed E-state index contributed by atoms with van der Waals surface area (Å²) in [6.45, 7) is 15.3. The molecule has 0 saturated carbocycles. The van der Waals surface area contributed by atoms with Crippen molar-refractivity contribution in [2.45, 2.75) is 118 Å². The fraction of sp³-hybridized carbons (Fsp3) is 0.510. The average molecular weight is 1160 g/mol. The Kier molecular flexibility index (Phi) is 30.3. The highest BCUT2D eigenvalue weighted by Gasteiger charge is 2.28. The molecule has 23 nitrogen and oxygen atoms in total. The minimum Gasteiger partial charge on any atom is -0.475 e. The zero-order valence-corrected chi connectivity index (χ0v) is 48.0. The van der Waals surface area contributed by atoms with Crippen LogP contribution in [0.2, 0.25) is 20.1 Å². The van der Waals surface area contributed by atoms with Crippen molar-refractivity contribution < 1.29 is 49.6 Å². The molecule has 2 aromatic carbocycles. The minimum atomic E-state index is -1.18. The van der Waals surface area contributed by atoms with Crippen LogP contribution < -0.4 is 53.8 Å². The number of aryl methyl sites for hydroxylation is 2. The van der Waals surface area contributed by atoms with Gasteiger partial charge in [-0.3, -0.25) is 60.4 Å². The van der Waals surface area contributed by atoms with Gasteiger partial charge in [-0.05, 0) is 114 Å². The van der Waals surface area contributed by atoms with Crippen LogP contribution in [0.25, 0.3) is 11.4 Å². The molecule has 4 atom stereocenters. The number of carbonyl (C=O) groups excluding carboxylic acids is 5. The molecule has 3 amide bonds. The first-order chi connectivity index (χ1) is 36.6. The Bertz CT molecular complexity index is 2630. The van der Waals surface area contributed by atoms with Crippen molar-refractivity contribution in [1.82, 2.24) is 56.1 Å².